The Morgan fingerprint density at radius 2 is 2.19 bits per heavy atom. The van der Waals surface area contributed by atoms with Gasteiger partial charge in [0.25, 0.3) is 0 Å². The van der Waals surface area contributed by atoms with Crippen molar-refractivity contribution in [1.29, 1.82) is 0 Å². The average molecular weight is 232 g/mol. The minimum atomic E-state index is 0.519. The number of hydrogen-bond acceptors (Lipinski definition) is 2. The van der Waals surface area contributed by atoms with E-state index in [0.29, 0.717) is 5.82 Å². The van der Waals surface area contributed by atoms with Gasteiger partial charge in [0.15, 0.2) is 0 Å². The van der Waals surface area contributed by atoms with E-state index in [0.717, 1.165) is 32.5 Å². The number of hydrogen-bond donors (Lipinski definition) is 2. The van der Waals surface area contributed by atoms with E-state index in [1.807, 2.05) is 31.2 Å². The molecule has 3 nitrogen and oxygen atoms in total. The fraction of sp³-hybridized carbons (Fsp3) is 0.0833. The lowest BCUT2D eigenvalue weighted by Crippen LogP contribution is -1.92. The number of halogens is 1. The van der Waals surface area contributed by atoms with Crippen molar-refractivity contribution in [2.24, 2.45) is 0 Å². The maximum Gasteiger partial charge on any atom is 0.124 e. The Balaban J connectivity index is 2.63. The van der Waals surface area contributed by atoms with E-state index in [4.69, 9.17) is 17.3 Å². The Bertz CT molecular complexity index is 700. The van der Waals surface area contributed by atoms with Crippen LogP contribution in [0.3, 0.4) is 0 Å². The van der Waals surface area contributed by atoms with E-state index < -0.39 is 0 Å². The summed E-state index contributed by atoms with van der Waals surface area (Å²) < 4.78 is 0. The maximum atomic E-state index is 6.20. The quantitative estimate of drug-likeness (QED) is 0.624. The zero-order valence-corrected chi connectivity index (χ0v) is 9.47. The van der Waals surface area contributed by atoms with Crippen molar-refractivity contribution in [2.45, 2.75) is 6.92 Å². The van der Waals surface area contributed by atoms with Crippen molar-refractivity contribution >= 4 is 39.2 Å². The normalized spacial score (nSPS) is 11.4. The zero-order valence-electron chi connectivity index (χ0n) is 8.71. The molecule has 0 saturated carbocycles. The lowest BCUT2D eigenvalue weighted by atomic mass is 10.1. The molecule has 3 aromatic rings. The Labute approximate surface area is 97.2 Å². The summed E-state index contributed by atoms with van der Waals surface area (Å²) in [5, 5.41) is 2.77. The van der Waals surface area contributed by atoms with E-state index in [1.54, 1.807) is 0 Å². The second-order valence-electron chi connectivity index (χ2n) is 3.84. The number of rotatable bonds is 0. The van der Waals surface area contributed by atoms with Crippen LogP contribution in [0, 0.1) is 6.92 Å². The number of anilines is 1. The maximum absolute atomic E-state index is 6.20. The van der Waals surface area contributed by atoms with E-state index in [1.165, 1.54) is 0 Å². The molecule has 0 bridgehead atoms. The van der Waals surface area contributed by atoms with E-state index in [-0.39, 0.29) is 0 Å². The predicted molar refractivity (Wildman–Crippen MR) is 67.8 cm³/mol. The van der Waals surface area contributed by atoms with Crippen LogP contribution >= 0.6 is 11.6 Å². The van der Waals surface area contributed by atoms with Gasteiger partial charge in [0, 0.05) is 16.3 Å². The van der Waals surface area contributed by atoms with Crippen molar-refractivity contribution in [3.05, 3.63) is 35.0 Å². The second-order valence-corrected chi connectivity index (χ2v) is 4.25. The summed E-state index contributed by atoms with van der Waals surface area (Å²) in [5.41, 5.74) is 8.66. The summed E-state index contributed by atoms with van der Waals surface area (Å²) in [5.74, 6) is 0.519. The summed E-state index contributed by atoms with van der Waals surface area (Å²) in [6.07, 6.45) is 0. The summed E-state index contributed by atoms with van der Waals surface area (Å²) in [4.78, 5) is 7.54. The first-order chi connectivity index (χ1) is 7.66. The Hall–Kier alpha value is -1.74. The van der Waals surface area contributed by atoms with E-state index in [9.17, 15) is 0 Å². The number of nitrogens with zero attached hydrogens (tertiary/aromatic N) is 1. The number of benzene rings is 1. The standard InChI is InChI=1S/C12H10ClN3/c1-6-12-7(5-10(14)15-6)11-8(13)3-2-4-9(11)16-12/h2-5,16H,1H3,(H2,14,15). The van der Waals surface area contributed by atoms with Crippen LogP contribution in [0.2, 0.25) is 5.02 Å². The third kappa shape index (κ3) is 1.18. The number of aromatic amines is 1. The van der Waals surface area contributed by atoms with Crippen LogP contribution in [0.5, 0.6) is 0 Å². The molecule has 0 aliphatic rings. The van der Waals surface area contributed by atoms with Crippen LogP contribution < -0.4 is 5.73 Å². The summed E-state index contributed by atoms with van der Waals surface area (Å²) in [6.45, 7) is 1.93. The van der Waals surface area contributed by atoms with Gasteiger partial charge in [-0.3, -0.25) is 0 Å². The number of H-pyrrole nitrogens is 1. The SMILES string of the molecule is Cc1nc(N)cc2c1[nH]c1cccc(Cl)c12. The van der Waals surface area contributed by atoms with Gasteiger partial charge in [-0.25, -0.2) is 4.98 Å². The number of nitrogens with one attached hydrogen (secondary N) is 1. The monoisotopic (exact) mass is 231 g/mol. The van der Waals surface area contributed by atoms with Gasteiger partial charge < -0.3 is 10.7 Å². The number of nitrogen functional groups attached to an aromatic ring is 1. The molecule has 0 unspecified atom stereocenters. The van der Waals surface area contributed by atoms with Crippen LogP contribution in [-0.2, 0) is 0 Å². The van der Waals surface area contributed by atoms with Crippen molar-refractivity contribution in [2.75, 3.05) is 5.73 Å². The molecular formula is C12H10ClN3. The molecule has 0 fully saturated rings. The van der Waals surface area contributed by atoms with Gasteiger partial charge in [-0.15, -0.1) is 0 Å². The Morgan fingerprint density at radius 3 is 3.00 bits per heavy atom. The minimum Gasteiger partial charge on any atom is -0.384 e. The molecule has 16 heavy (non-hydrogen) atoms. The number of pyridine rings is 1. The number of nitrogens with two attached hydrogens (primary N) is 1. The third-order valence-electron chi connectivity index (χ3n) is 2.76. The first-order valence-corrected chi connectivity index (χ1v) is 5.37. The Kier molecular flexibility index (Phi) is 1.85. The molecule has 3 N–H and O–H groups in total. The highest BCUT2D eigenvalue weighted by atomic mass is 35.5. The zero-order chi connectivity index (χ0) is 11.3. The van der Waals surface area contributed by atoms with Gasteiger partial charge in [0.1, 0.15) is 5.82 Å². The molecule has 2 heterocycles. The van der Waals surface area contributed by atoms with Crippen molar-refractivity contribution < 1.29 is 0 Å². The van der Waals surface area contributed by atoms with E-state index in [2.05, 4.69) is 9.97 Å². The lowest BCUT2D eigenvalue weighted by Gasteiger charge is -1.98. The van der Waals surface area contributed by atoms with Gasteiger partial charge in [0.05, 0.1) is 16.2 Å². The molecule has 0 spiro atoms. The topological polar surface area (TPSA) is 54.7 Å². The number of fused-ring (bicyclic) bond motifs is 3. The number of aromatic nitrogens is 2. The van der Waals surface area contributed by atoms with Crippen molar-refractivity contribution in [1.82, 2.24) is 9.97 Å². The van der Waals surface area contributed by atoms with Crippen molar-refractivity contribution in [3.8, 4) is 0 Å². The summed E-state index contributed by atoms with van der Waals surface area (Å²) in [7, 11) is 0. The molecule has 0 atom stereocenters. The van der Waals surface area contributed by atoms with Crippen molar-refractivity contribution in [3.63, 3.8) is 0 Å². The number of aryl methyl sites for hydroxylation is 1. The molecule has 80 valence electrons. The van der Waals surface area contributed by atoms with Crippen LogP contribution in [0.1, 0.15) is 5.69 Å². The summed E-state index contributed by atoms with van der Waals surface area (Å²) >= 11 is 6.20. The van der Waals surface area contributed by atoms with Crippen LogP contribution in [0.15, 0.2) is 24.3 Å². The second kappa shape index (κ2) is 3.12. The van der Waals surface area contributed by atoms with Gasteiger partial charge >= 0.3 is 0 Å². The van der Waals surface area contributed by atoms with Crippen LogP contribution in [0.4, 0.5) is 5.82 Å². The molecule has 1 aromatic carbocycles. The van der Waals surface area contributed by atoms with Gasteiger partial charge in [-0.05, 0) is 25.1 Å². The predicted octanol–water partition coefficient (Wildman–Crippen LogP) is 3.26. The Morgan fingerprint density at radius 1 is 1.38 bits per heavy atom. The van der Waals surface area contributed by atoms with Gasteiger partial charge in [-0.2, -0.15) is 0 Å². The van der Waals surface area contributed by atoms with Gasteiger partial charge in [0.2, 0.25) is 0 Å². The molecule has 0 radical (unpaired) electrons. The molecule has 0 saturated heterocycles. The lowest BCUT2D eigenvalue weighted by molar-refractivity contribution is 1.23. The fourth-order valence-corrected chi connectivity index (χ4v) is 2.36. The smallest absolute Gasteiger partial charge is 0.124 e. The third-order valence-corrected chi connectivity index (χ3v) is 3.08. The largest absolute Gasteiger partial charge is 0.384 e. The molecule has 4 heteroatoms. The van der Waals surface area contributed by atoms with Crippen LogP contribution in [-0.4, -0.2) is 9.97 Å². The fourth-order valence-electron chi connectivity index (χ4n) is 2.09. The van der Waals surface area contributed by atoms with E-state index >= 15 is 0 Å². The molecular weight excluding hydrogens is 222 g/mol. The first kappa shape index (κ1) is 9.48. The van der Waals surface area contributed by atoms with Crippen LogP contribution in [0.25, 0.3) is 21.8 Å². The molecule has 2 aromatic heterocycles. The molecule has 0 aliphatic heterocycles. The van der Waals surface area contributed by atoms with Gasteiger partial charge in [-0.1, -0.05) is 17.7 Å². The molecule has 3 rings (SSSR count). The average Bonchev–Trinajstić information content (AvgIpc) is 2.58. The highest BCUT2D eigenvalue weighted by Crippen LogP contribution is 2.32. The molecule has 0 aliphatic carbocycles. The minimum absolute atomic E-state index is 0.519. The highest BCUT2D eigenvalue weighted by molar-refractivity contribution is 6.38. The molecule has 0 amide bonds. The summed E-state index contributed by atoms with van der Waals surface area (Å²) in [6, 6.07) is 7.65. The highest BCUT2D eigenvalue weighted by Gasteiger charge is 2.10. The first-order valence-electron chi connectivity index (χ1n) is 5.00.